The Morgan fingerprint density at radius 3 is 1.64 bits per heavy atom. The van der Waals surface area contributed by atoms with Crippen molar-refractivity contribution < 1.29 is 0 Å². The summed E-state index contributed by atoms with van der Waals surface area (Å²) in [6, 6.07) is 75.0. The lowest BCUT2D eigenvalue weighted by Crippen LogP contribution is -2.32. The van der Waals surface area contributed by atoms with E-state index in [4.69, 9.17) is 0 Å². The Balaban J connectivity index is 1.18. The summed E-state index contributed by atoms with van der Waals surface area (Å²) in [6.45, 7) is 4.76. The number of rotatable bonds is 4. The maximum atomic E-state index is 2.56. The minimum Gasteiger partial charge on any atom is -0.309 e. The van der Waals surface area contributed by atoms with Gasteiger partial charge in [-0.1, -0.05) is 189 Å². The topological polar surface area (TPSA) is 3.24 Å². The lowest BCUT2D eigenvalue weighted by molar-refractivity contribution is 0.660. The molecule has 1 heterocycles. The Labute approximate surface area is 344 Å². The maximum absolute atomic E-state index is 2.56. The van der Waals surface area contributed by atoms with Crippen LogP contribution in [0.1, 0.15) is 47.2 Å². The van der Waals surface area contributed by atoms with Crippen molar-refractivity contribution in [1.29, 1.82) is 0 Å². The highest BCUT2D eigenvalue weighted by Gasteiger charge is 2.51. The number of para-hydroxylation sites is 1. The summed E-state index contributed by atoms with van der Waals surface area (Å²) < 4.78 is 0. The molecule has 0 radical (unpaired) electrons. The molecule has 274 valence electrons. The lowest BCUT2D eigenvalue weighted by Gasteiger charge is -2.42. The van der Waals surface area contributed by atoms with Gasteiger partial charge in [0.25, 0.3) is 0 Å². The quantitative estimate of drug-likeness (QED) is 0.176. The van der Waals surface area contributed by atoms with Gasteiger partial charge < -0.3 is 4.90 Å². The summed E-state index contributed by atoms with van der Waals surface area (Å²) in [4.78, 5) is 5.13. The lowest BCUT2D eigenvalue weighted by atomic mass is 9.67. The van der Waals surface area contributed by atoms with Crippen LogP contribution in [-0.4, -0.2) is 0 Å². The fourth-order valence-corrected chi connectivity index (χ4v) is 11.9. The molecule has 0 saturated carbocycles. The van der Waals surface area contributed by atoms with Crippen molar-refractivity contribution in [1.82, 2.24) is 0 Å². The van der Waals surface area contributed by atoms with E-state index in [0.29, 0.717) is 0 Å². The van der Waals surface area contributed by atoms with Crippen molar-refractivity contribution >= 4 is 39.6 Å². The molecule has 1 nitrogen and oxygen atoms in total. The van der Waals surface area contributed by atoms with Crippen molar-refractivity contribution in [2.45, 2.75) is 34.5 Å². The Kier molecular flexibility index (Phi) is 7.19. The zero-order valence-electron chi connectivity index (χ0n) is 32.4. The van der Waals surface area contributed by atoms with E-state index in [1.165, 1.54) is 93.0 Å². The highest BCUT2D eigenvalue weighted by atomic mass is 32.2. The van der Waals surface area contributed by atoms with Crippen LogP contribution in [0.15, 0.2) is 210 Å². The van der Waals surface area contributed by atoms with E-state index < -0.39 is 5.41 Å². The molecular weight excluding hydrogens is 719 g/mol. The first kappa shape index (κ1) is 33.5. The molecular formula is C56H39NS. The zero-order chi connectivity index (χ0) is 38.6. The van der Waals surface area contributed by atoms with Crippen LogP contribution in [0, 0.1) is 0 Å². The van der Waals surface area contributed by atoms with E-state index in [1.807, 2.05) is 11.8 Å². The third-order valence-corrected chi connectivity index (χ3v) is 14.3. The molecule has 1 spiro atoms. The molecule has 9 aromatic carbocycles. The predicted octanol–water partition coefficient (Wildman–Crippen LogP) is 15.1. The number of nitrogens with zero attached hydrogens (tertiary/aromatic N) is 1. The van der Waals surface area contributed by atoms with Crippen LogP contribution >= 0.6 is 11.8 Å². The number of anilines is 3. The fourth-order valence-electron chi connectivity index (χ4n) is 10.5. The van der Waals surface area contributed by atoms with E-state index in [0.717, 1.165) is 11.4 Å². The molecule has 3 aliphatic rings. The molecule has 0 atom stereocenters. The molecule has 2 heteroatoms. The molecule has 0 N–H and O–H groups in total. The molecule has 0 aromatic heterocycles. The van der Waals surface area contributed by atoms with E-state index in [2.05, 4.69) is 219 Å². The molecule has 0 unspecified atom stereocenters. The van der Waals surface area contributed by atoms with Crippen LogP contribution in [0.25, 0.3) is 44.2 Å². The third-order valence-electron chi connectivity index (χ3n) is 13.1. The van der Waals surface area contributed by atoms with Gasteiger partial charge >= 0.3 is 0 Å². The van der Waals surface area contributed by atoms with Gasteiger partial charge in [-0.25, -0.2) is 0 Å². The van der Waals surface area contributed by atoms with Crippen molar-refractivity contribution in [3.05, 3.63) is 234 Å². The van der Waals surface area contributed by atoms with Crippen LogP contribution in [0.2, 0.25) is 0 Å². The fraction of sp³-hybridized carbons (Fsp3) is 0.0714. The number of benzene rings is 9. The molecule has 58 heavy (non-hydrogen) atoms. The van der Waals surface area contributed by atoms with Crippen LogP contribution in [0.4, 0.5) is 17.1 Å². The standard InChI is InChI=1S/C56H39NS/c1-55(2)45-25-12-8-22-41(45)44-32-31-39(35-49(44)55)57(51-29-15-11-21-40(51)36-17-4-3-5-18-36)52-30-16-28-48-54(52)58-53-34-38-20-7-6-19-37(38)33-50(53)56(48)46-26-13-9-23-42(46)43-24-10-14-27-47(43)56/h3-35H,1-2H3. The second-order valence-corrected chi connectivity index (χ2v) is 17.5. The van der Waals surface area contributed by atoms with Crippen molar-refractivity contribution in [2.24, 2.45) is 0 Å². The van der Waals surface area contributed by atoms with E-state index in [1.54, 1.807) is 0 Å². The predicted molar refractivity (Wildman–Crippen MR) is 243 cm³/mol. The molecule has 0 bridgehead atoms. The first-order chi connectivity index (χ1) is 28.5. The number of hydrogen-bond acceptors (Lipinski definition) is 2. The third kappa shape index (κ3) is 4.55. The second-order valence-electron chi connectivity index (χ2n) is 16.4. The zero-order valence-corrected chi connectivity index (χ0v) is 33.2. The molecule has 0 saturated heterocycles. The highest BCUT2D eigenvalue weighted by molar-refractivity contribution is 7.99. The van der Waals surface area contributed by atoms with E-state index in [-0.39, 0.29) is 5.41 Å². The molecule has 1 aliphatic heterocycles. The molecule has 2 aliphatic carbocycles. The SMILES string of the molecule is CC1(C)c2ccccc2-c2ccc(N(c3ccccc3-c3ccccc3)c3cccc4c3Sc3cc5ccccc5cc3C43c4ccccc4-c4ccccc43)cc21. The molecule has 9 aromatic rings. The molecule has 0 fully saturated rings. The van der Waals surface area contributed by atoms with Crippen LogP contribution in [-0.2, 0) is 10.8 Å². The highest BCUT2D eigenvalue weighted by Crippen LogP contribution is 2.64. The van der Waals surface area contributed by atoms with Gasteiger partial charge in [0.05, 0.1) is 16.8 Å². The summed E-state index contributed by atoms with van der Waals surface area (Å²) in [5.74, 6) is 0. The smallest absolute Gasteiger partial charge is 0.0736 e. The first-order valence-corrected chi connectivity index (χ1v) is 21.1. The summed E-state index contributed by atoms with van der Waals surface area (Å²) >= 11 is 1.93. The van der Waals surface area contributed by atoms with Gasteiger partial charge in [0, 0.05) is 26.5 Å². The largest absolute Gasteiger partial charge is 0.309 e. The second kappa shape index (κ2) is 12.4. The van der Waals surface area contributed by atoms with Crippen LogP contribution in [0.3, 0.4) is 0 Å². The van der Waals surface area contributed by atoms with Gasteiger partial charge in [-0.05, 0) is 108 Å². The maximum Gasteiger partial charge on any atom is 0.0736 e. The van der Waals surface area contributed by atoms with E-state index in [9.17, 15) is 0 Å². The van der Waals surface area contributed by atoms with Crippen molar-refractivity contribution in [3.63, 3.8) is 0 Å². The summed E-state index contributed by atoms with van der Waals surface area (Å²) in [7, 11) is 0. The Morgan fingerprint density at radius 2 is 0.914 bits per heavy atom. The minimum atomic E-state index is -0.505. The van der Waals surface area contributed by atoms with Gasteiger partial charge in [-0.15, -0.1) is 0 Å². The van der Waals surface area contributed by atoms with Gasteiger partial charge in [-0.2, -0.15) is 0 Å². The number of hydrogen-bond donors (Lipinski definition) is 0. The van der Waals surface area contributed by atoms with Gasteiger partial charge in [0.15, 0.2) is 0 Å². The van der Waals surface area contributed by atoms with Gasteiger partial charge in [0.2, 0.25) is 0 Å². The average Bonchev–Trinajstić information content (AvgIpc) is 3.69. The summed E-state index contributed by atoms with van der Waals surface area (Å²) in [6.07, 6.45) is 0. The summed E-state index contributed by atoms with van der Waals surface area (Å²) in [5, 5.41) is 2.53. The average molecular weight is 758 g/mol. The van der Waals surface area contributed by atoms with Crippen LogP contribution in [0.5, 0.6) is 0 Å². The molecule has 12 rings (SSSR count). The van der Waals surface area contributed by atoms with Gasteiger partial charge in [0.1, 0.15) is 0 Å². The Hall–Kier alpha value is -6.61. The monoisotopic (exact) mass is 757 g/mol. The van der Waals surface area contributed by atoms with E-state index >= 15 is 0 Å². The van der Waals surface area contributed by atoms with Crippen LogP contribution < -0.4 is 4.90 Å². The summed E-state index contributed by atoms with van der Waals surface area (Å²) in [5.41, 5.74) is 18.6. The van der Waals surface area contributed by atoms with Crippen molar-refractivity contribution in [2.75, 3.05) is 4.90 Å². The normalized spacial score (nSPS) is 14.6. The molecule has 0 amide bonds. The first-order valence-electron chi connectivity index (χ1n) is 20.3. The van der Waals surface area contributed by atoms with Crippen molar-refractivity contribution in [3.8, 4) is 33.4 Å². The Morgan fingerprint density at radius 1 is 0.379 bits per heavy atom. The minimum absolute atomic E-state index is 0.140. The Bertz CT molecular complexity index is 3090. The van der Waals surface area contributed by atoms with Gasteiger partial charge in [-0.3, -0.25) is 0 Å². The number of fused-ring (bicyclic) bond motifs is 13.